The second kappa shape index (κ2) is 6.91. The summed E-state index contributed by atoms with van der Waals surface area (Å²) < 4.78 is 3.12. The lowest BCUT2D eigenvalue weighted by Crippen LogP contribution is -2.24. The molecule has 7 heteroatoms. The predicted molar refractivity (Wildman–Crippen MR) is 79.0 cm³/mol. The van der Waals surface area contributed by atoms with Crippen LogP contribution in [0.4, 0.5) is 5.69 Å². The number of aromatic nitrogens is 4. The van der Waals surface area contributed by atoms with Gasteiger partial charge in [-0.3, -0.25) is 9.48 Å². The summed E-state index contributed by atoms with van der Waals surface area (Å²) in [5.74, 6) is 0. The molecule has 1 N–H and O–H groups in total. The minimum absolute atomic E-state index is 0.154. The molecule has 0 spiro atoms. The maximum Gasteiger partial charge on any atom is 0.287 e. The first-order valence-electron chi connectivity index (χ1n) is 6.30. The van der Waals surface area contributed by atoms with Crippen LogP contribution in [-0.2, 0) is 13.1 Å². The molecule has 2 heterocycles. The van der Waals surface area contributed by atoms with Crippen molar-refractivity contribution in [1.29, 1.82) is 0 Å². The molecule has 0 saturated heterocycles. The van der Waals surface area contributed by atoms with E-state index in [2.05, 4.69) is 22.1 Å². The van der Waals surface area contributed by atoms with E-state index in [0.29, 0.717) is 18.8 Å². The third-order valence-electron chi connectivity index (χ3n) is 2.73. The van der Waals surface area contributed by atoms with Crippen molar-refractivity contribution in [3.05, 3.63) is 52.7 Å². The van der Waals surface area contributed by atoms with E-state index >= 15 is 0 Å². The van der Waals surface area contributed by atoms with Crippen molar-refractivity contribution < 1.29 is 0 Å². The Bertz CT molecular complexity index is 620. The summed E-state index contributed by atoms with van der Waals surface area (Å²) in [5.41, 5.74) is 0.237. The highest BCUT2D eigenvalue weighted by atomic mass is 35.5. The number of rotatable bonds is 7. The normalized spacial score (nSPS) is 10.4. The molecule has 0 aliphatic rings. The van der Waals surface area contributed by atoms with Gasteiger partial charge in [0.25, 0.3) is 5.56 Å². The summed E-state index contributed by atoms with van der Waals surface area (Å²) in [6, 6.07) is 1.88. The van der Waals surface area contributed by atoms with Crippen molar-refractivity contribution in [1.82, 2.24) is 19.6 Å². The van der Waals surface area contributed by atoms with Crippen LogP contribution in [-0.4, -0.2) is 26.1 Å². The van der Waals surface area contributed by atoms with Gasteiger partial charge < -0.3 is 5.32 Å². The van der Waals surface area contributed by atoms with Crippen LogP contribution in [0.1, 0.15) is 6.42 Å². The van der Waals surface area contributed by atoms with Crippen molar-refractivity contribution >= 4 is 17.3 Å². The van der Waals surface area contributed by atoms with Gasteiger partial charge in [-0.1, -0.05) is 17.7 Å². The van der Waals surface area contributed by atoms with Crippen molar-refractivity contribution in [3.63, 3.8) is 0 Å². The molecule has 0 bridgehead atoms. The molecule has 0 aromatic carbocycles. The van der Waals surface area contributed by atoms with Crippen molar-refractivity contribution in [2.24, 2.45) is 0 Å². The van der Waals surface area contributed by atoms with Gasteiger partial charge in [0, 0.05) is 25.5 Å². The molecular weight excluding hydrogens is 278 g/mol. The molecule has 0 amide bonds. The second-order valence-electron chi connectivity index (χ2n) is 4.20. The fraction of sp³-hybridized carbons (Fsp3) is 0.308. The van der Waals surface area contributed by atoms with Gasteiger partial charge in [-0.05, 0) is 12.5 Å². The number of halogens is 1. The van der Waals surface area contributed by atoms with Gasteiger partial charge in [-0.15, -0.1) is 6.58 Å². The van der Waals surface area contributed by atoms with Gasteiger partial charge in [0.15, 0.2) is 0 Å². The lowest BCUT2D eigenvalue weighted by atomic mass is 10.4. The van der Waals surface area contributed by atoms with E-state index in [9.17, 15) is 4.79 Å². The van der Waals surface area contributed by atoms with E-state index in [4.69, 9.17) is 11.6 Å². The third-order valence-corrected chi connectivity index (χ3v) is 3.09. The summed E-state index contributed by atoms with van der Waals surface area (Å²) in [5, 5.41) is 11.4. The van der Waals surface area contributed by atoms with Gasteiger partial charge in [-0.25, -0.2) is 4.68 Å². The summed E-state index contributed by atoms with van der Waals surface area (Å²) in [4.78, 5) is 11.9. The fourth-order valence-electron chi connectivity index (χ4n) is 1.74. The van der Waals surface area contributed by atoms with Crippen LogP contribution in [0, 0.1) is 0 Å². The van der Waals surface area contributed by atoms with Crippen LogP contribution < -0.4 is 10.9 Å². The van der Waals surface area contributed by atoms with Crippen LogP contribution in [0.3, 0.4) is 0 Å². The molecule has 0 unspecified atom stereocenters. The molecule has 2 aromatic rings. The highest BCUT2D eigenvalue weighted by Gasteiger charge is 2.07. The Morgan fingerprint density at radius 1 is 1.45 bits per heavy atom. The van der Waals surface area contributed by atoms with Crippen LogP contribution in [0.2, 0.25) is 5.02 Å². The third kappa shape index (κ3) is 3.48. The Morgan fingerprint density at radius 3 is 3.00 bits per heavy atom. The SMILES string of the molecule is C=CCn1ncc(NCCCn2cccn2)c(Cl)c1=O. The lowest BCUT2D eigenvalue weighted by molar-refractivity contribution is 0.591. The highest BCUT2D eigenvalue weighted by molar-refractivity contribution is 6.32. The van der Waals surface area contributed by atoms with E-state index in [1.807, 2.05) is 16.9 Å². The van der Waals surface area contributed by atoms with E-state index in [-0.39, 0.29) is 10.6 Å². The average Bonchev–Trinajstić information content (AvgIpc) is 2.95. The first kappa shape index (κ1) is 14.3. The van der Waals surface area contributed by atoms with Crippen molar-refractivity contribution in [3.8, 4) is 0 Å². The van der Waals surface area contributed by atoms with Gasteiger partial charge >= 0.3 is 0 Å². The van der Waals surface area contributed by atoms with Crippen LogP contribution in [0.25, 0.3) is 0 Å². The molecule has 0 fully saturated rings. The van der Waals surface area contributed by atoms with E-state index < -0.39 is 0 Å². The Morgan fingerprint density at radius 2 is 2.30 bits per heavy atom. The van der Waals surface area contributed by atoms with E-state index in [1.165, 1.54) is 4.68 Å². The van der Waals surface area contributed by atoms with Gasteiger partial charge in [0.2, 0.25) is 0 Å². The molecule has 6 nitrogen and oxygen atoms in total. The van der Waals surface area contributed by atoms with Gasteiger partial charge in [0.05, 0.1) is 18.4 Å². The molecule has 20 heavy (non-hydrogen) atoms. The zero-order valence-electron chi connectivity index (χ0n) is 11.0. The predicted octanol–water partition coefficient (Wildman–Crippen LogP) is 1.78. The molecule has 2 aromatic heterocycles. The molecule has 0 saturated carbocycles. The molecular formula is C13H16ClN5O. The van der Waals surface area contributed by atoms with Gasteiger partial charge in [-0.2, -0.15) is 10.2 Å². The maximum atomic E-state index is 11.9. The molecule has 2 rings (SSSR count). The number of hydrogen-bond acceptors (Lipinski definition) is 4. The Kier molecular flexibility index (Phi) is 4.95. The van der Waals surface area contributed by atoms with Gasteiger partial charge in [0.1, 0.15) is 5.02 Å². The van der Waals surface area contributed by atoms with E-state index in [0.717, 1.165) is 13.0 Å². The number of allylic oxidation sites excluding steroid dienone is 1. The van der Waals surface area contributed by atoms with Crippen molar-refractivity contribution in [2.45, 2.75) is 19.5 Å². The topological polar surface area (TPSA) is 64.7 Å². The van der Waals surface area contributed by atoms with Crippen LogP contribution in [0.5, 0.6) is 0 Å². The number of nitrogens with one attached hydrogen (secondary N) is 1. The Hall–Kier alpha value is -2.08. The first-order chi connectivity index (χ1) is 9.72. The lowest BCUT2D eigenvalue weighted by Gasteiger charge is -2.09. The smallest absolute Gasteiger partial charge is 0.287 e. The summed E-state index contributed by atoms with van der Waals surface area (Å²) in [6.45, 7) is 5.40. The monoisotopic (exact) mass is 293 g/mol. The summed E-state index contributed by atoms with van der Waals surface area (Å²) >= 11 is 6.02. The molecule has 0 aliphatic heterocycles. The number of aryl methyl sites for hydroxylation is 1. The Labute approximate surface area is 121 Å². The second-order valence-corrected chi connectivity index (χ2v) is 4.58. The maximum absolute atomic E-state index is 11.9. The number of anilines is 1. The molecule has 0 atom stereocenters. The fourth-order valence-corrected chi connectivity index (χ4v) is 1.95. The zero-order chi connectivity index (χ0) is 14.4. The average molecular weight is 294 g/mol. The summed E-state index contributed by atoms with van der Waals surface area (Å²) in [7, 11) is 0. The highest BCUT2D eigenvalue weighted by Crippen LogP contribution is 2.14. The van der Waals surface area contributed by atoms with Crippen molar-refractivity contribution in [2.75, 3.05) is 11.9 Å². The quantitative estimate of drug-likeness (QED) is 0.624. The Balaban J connectivity index is 1.91. The number of nitrogens with zero attached hydrogens (tertiary/aromatic N) is 4. The van der Waals surface area contributed by atoms with Crippen LogP contribution >= 0.6 is 11.6 Å². The first-order valence-corrected chi connectivity index (χ1v) is 6.68. The largest absolute Gasteiger partial charge is 0.382 e. The minimum Gasteiger partial charge on any atom is -0.382 e. The molecule has 106 valence electrons. The molecule has 0 aliphatic carbocycles. The standard InChI is InChI=1S/C13H16ClN5O/c1-2-7-19-13(20)12(14)11(10-17-19)15-5-3-8-18-9-4-6-16-18/h2,4,6,9-10,15H,1,3,5,7-8H2. The minimum atomic E-state index is -0.316. The van der Waals surface area contributed by atoms with E-state index in [1.54, 1.807) is 18.5 Å². The zero-order valence-corrected chi connectivity index (χ0v) is 11.8. The number of hydrogen-bond donors (Lipinski definition) is 1. The molecule has 0 radical (unpaired) electrons. The summed E-state index contributed by atoms with van der Waals surface area (Å²) in [6.07, 6.45) is 7.68. The van der Waals surface area contributed by atoms with Crippen LogP contribution in [0.15, 0.2) is 42.1 Å².